The van der Waals surface area contributed by atoms with E-state index in [2.05, 4.69) is 15.5 Å². The Morgan fingerprint density at radius 3 is 2.29 bits per heavy atom. The summed E-state index contributed by atoms with van der Waals surface area (Å²) < 4.78 is 0. The minimum Gasteiger partial charge on any atom is -0.309 e. The Bertz CT molecular complexity index is 522. The highest BCUT2D eigenvalue weighted by Gasteiger charge is 2.51. The quantitative estimate of drug-likeness (QED) is 0.927. The molecular weight excluding hydrogens is 286 g/mol. The Kier molecular flexibility index (Phi) is 3.18. The molecule has 0 radical (unpaired) electrons. The molecular formula is C16H20ClN3O. The topological polar surface area (TPSA) is 54.9 Å². The summed E-state index contributed by atoms with van der Waals surface area (Å²) in [4.78, 5) is 12.4. The maximum absolute atomic E-state index is 12.4. The Hall–Kier alpha value is -1.16. The van der Waals surface area contributed by atoms with Crippen molar-refractivity contribution in [2.45, 2.75) is 44.9 Å². The first-order chi connectivity index (χ1) is 10.1. The molecule has 5 heteroatoms. The van der Waals surface area contributed by atoms with E-state index in [0.29, 0.717) is 17.4 Å². The van der Waals surface area contributed by atoms with E-state index < -0.39 is 0 Å². The van der Waals surface area contributed by atoms with Crippen molar-refractivity contribution < 1.29 is 4.79 Å². The van der Waals surface area contributed by atoms with E-state index >= 15 is 0 Å². The molecule has 1 heterocycles. The molecule has 0 aromatic carbocycles. The second-order valence-corrected chi connectivity index (χ2v) is 7.77. The van der Waals surface area contributed by atoms with Crippen molar-refractivity contribution in [3.05, 3.63) is 17.3 Å². The van der Waals surface area contributed by atoms with Gasteiger partial charge in [0.15, 0.2) is 11.0 Å². The number of aromatic nitrogens is 2. The maximum Gasteiger partial charge on any atom is 0.226 e. The molecule has 4 aliphatic carbocycles. The Morgan fingerprint density at radius 1 is 1.14 bits per heavy atom. The monoisotopic (exact) mass is 305 g/mol. The predicted molar refractivity (Wildman–Crippen MR) is 80.9 cm³/mol. The first-order valence-electron chi connectivity index (χ1n) is 7.89. The standard InChI is InChI=1S/C16H20ClN3O/c17-13-1-2-14(20-19-13)18-15(21)9-16-6-10-3-11(7-16)5-12(4-10)8-16/h1-2,10-12H,3-9H2,(H,18,20,21). The summed E-state index contributed by atoms with van der Waals surface area (Å²) in [6, 6.07) is 3.35. The van der Waals surface area contributed by atoms with E-state index in [0.717, 1.165) is 17.8 Å². The van der Waals surface area contributed by atoms with Gasteiger partial charge in [0.25, 0.3) is 0 Å². The lowest BCUT2D eigenvalue weighted by atomic mass is 9.49. The van der Waals surface area contributed by atoms with E-state index in [1.54, 1.807) is 12.1 Å². The van der Waals surface area contributed by atoms with Crippen molar-refractivity contribution in [2.75, 3.05) is 5.32 Å². The fourth-order valence-electron chi connectivity index (χ4n) is 5.42. The number of nitrogens with zero attached hydrogens (tertiary/aromatic N) is 2. The number of hydrogen-bond acceptors (Lipinski definition) is 3. The van der Waals surface area contributed by atoms with E-state index in [1.807, 2.05) is 0 Å². The van der Waals surface area contributed by atoms with Crippen LogP contribution in [0.2, 0.25) is 5.15 Å². The lowest BCUT2D eigenvalue weighted by molar-refractivity contribution is -0.124. The highest BCUT2D eigenvalue weighted by Crippen LogP contribution is 2.61. The summed E-state index contributed by atoms with van der Waals surface area (Å²) in [5.74, 6) is 3.20. The highest BCUT2D eigenvalue weighted by atomic mass is 35.5. The van der Waals surface area contributed by atoms with Gasteiger partial charge in [-0.05, 0) is 73.8 Å². The first kappa shape index (κ1) is 13.5. The molecule has 1 amide bonds. The van der Waals surface area contributed by atoms with Gasteiger partial charge in [-0.3, -0.25) is 4.79 Å². The Morgan fingerprint density at radius 2 is 1.76 bits per heavy atom. The third kappa shape index (κ3) is 2.66. The predicted octanol–water partition coefficient (Wildman–Crippen LogP) is 3.68. The SMILES string of the molecule is O=C(CC12CC3CC(CC(C3)C1)C2)Nc1ccc(Cl)nn1. The molecule has 1 N–H and O–H groups in total. The minimum absolute atomic E-state index is 0.0774. The van der Waals surface area contributed by atoms with Crippen LogP contribution in [0.15, 0.2) is 12.1 Å². The van der Waals surface area contributed by atoms with E-state index in [4.69, 9.17) is 11.6 Å². The van der Waals surface area contributed by atoms with Gasteiger partial charge in [0.05, 0.1) is 0 Å². The molecule has 4 aliphatic rings. The van der Waals surface area contributed by atoms with Crippen LogP contribution in [0.5, 0.6) is 0 Å². The zero-order valence-electron chi connectivity index (χ0n) is 12.0. The molecule has 1 aromatic rings. The van der Waals surface area contributed by atoms with E-state index in [9.17, 15) is 4.79 Å². The molecule has 4 fully saturated rings. The summed E-state index contributed by atoms with van der Waals surface area (Å²) in [6.07, 6.45) is 8.60. The van der Waals surface area contributed by atoms with Gasteiger partial charge in [0, 0.05) is 6.42 Å². The van der Waals surface area contributed by atoms with Crippen molar-refractivity contribution in [1.29, 1.82) is 0 Å². The second-order valence-electron chi connectivity index (χ2n) is 7.38. The number of carbonyl (C=O) groups excluding carboxylic acids is 1. The van der Waals surface area contributed by atoms with Gasteiger partial charge < -0.3 is 5.32 Å². The lowest BCUT2D eigenvalue weighted by Gasteiger charge is -2.56. The fourth-order valence-corrected chi connectivity index (χ4v) is 5.52. The van der Waals surface area contributed by atoms with Crippen molar-refractivity contribution in [1.82, 2.24) is 10.2 Å². The molecule has 4 saturated carbocycles. The number of rotatable bonds is 3. The van der Waals surface area contributed by atoms with Gasteiger partial charge in [0.1, 0.15) is 0 Å². The molecule has 21 heavy (non-hydrogen) atoms. The third-order valence-corrected chi connectivity index (χ3v) is 5.80. The summed E-state index contributed by atoms with van der Waals surface area (Å²) in [5, 5.41) is 10.9. The van der Waals surface area contributed by atoms with Crippen LogP contribution in [-0.4, -0.2) is 16.1 Å². The van der Waals surface area contributed by atoms with Crippen LogP contribution in [0.25, 0.3) is 0 Å². The van der Waals surface area contributed by atoms with Crippen LogP contribution in [0.4, 0.5) is 5.82 Å². The minimum atomic E-state index is 0.0774. The van der Waals surface area contributed by atoms with Crippen LogP contribution in [0.1, 0.15) is 44.9 Å². The summed E-state index contributed by atoms with van der Waals surface area (Å²) >= 11 is 5.71. The lowest BCUT2D eigenvalue weighted by Crippen LogP contribution is -2.47. The average molecular weight is 306 g/mol. The molecule has 0 spiro atoms. The number of anilines is 1. The molecule has 1 aromatic heterocycles. The number of amides is 1. The van der Waals surface area contributed by atoms with Gasteiger partial charge >= 0.3 is 0 Å². The van der Waals surface area contributed by atoms with Crippen molar-refractivity contribution in [3.63, 3.8) is 0 Å². The smallest absolute Gasteiger partial charge is 0.226 e. The molecule has 0 atom stereocenters. The second kappa shape index (κ2) is 4.94. The summed E-state index contributed by atoms with van der Waals surface area (Å²) in [6.45, 7) is 0. The normalized spacial score (nSPS) is 36.7. The molecule has 4 bridgehead atoms. The largest absolute Gasteiger partial charge is 0.309 e. The highest BCUT2D eigenvalue weighted by molar-refractivity contribution is 6.29. The molecule has 0 unspecified atom stereocenters. The average Bonchev–Trinajstić information content (AvgIpc) is 2.39. The Labute approximate surface area is 129 Å². The van der Waals surface area contributed by atoms with Gasteiger partial charge in [-0.1, -0.05) is 11.6 Å². The van der Waals surface area contributed by atoms with Crippen LogP contribution >= 0.6 is 11.6 Å². The Balaban J connectivity index is 1.43. The van der Waals surface area contributed by atoms with Gasteiger partial charge in [-0.25, -0.2) is 0 Å². The van der Waals surface area contributed by atoms with Crippen LogP contribution in [-0.2, 0) is 4.79 Å². The van der Waals surface area contributed by atoms with E-state index in [1.165, 1.54) is 38.5 Å². The van der Waals surface area contributed by atoms with Crippen molar-refractivity contribution in [3.8, 4) is 0 Å². The van der Waals surface area contributed by atoms with Crippen LogP contribution in [0.3, 0.4) is 0 Å². The number of hydrogen-bond donors (Lipinski definition) is 1. The number of halogens is 1. The molecule has 0 saturated heterocycles. The zero-order chi connectivity index (χ0) is 14.4. The molecule has 5 rings (SSSR count). The van der Waals surface area contributed by atoms with Gasteiger partial charge in [-0.2, -0.15) is 0 Å². The maximum atomic E-state index is 12.4. The van der Waals surface area contributed by atoms with E-state index in [-0.39, 0.29) is 11.3 Å². The number of carbonyl (C=O) groups is 1. The summed E-state index contributed by atoms with van der Waals surface area (Å²) in [7, 11) is 0. The molecule has 112 valence electrons. The molecule has 0 aliphatic heterocycles. The first-order valence-corrected chi connectivity index (χ1v) is 8.27. The van der Waals surface area contributed by atoms with Gasteiger partial charge in [-0.15, -0.1) is 10.2 Å². The van der Waals surface area contributed by atoms with Crippen molar-refractivity contribution >= 4 is 23.3 Å². The summed E-state index contributed by atoms with van der Waals surface area (Å²) in [5.41, 5.74) is 0.263. The van der Waals surface area contributed by atoms with Crippen molar-refractivity contribution in [2.24, 2.45) is 23.2 Å². The van der Waals surface area contributed by atoms with Gasteiger partial charge in [0.2, 0.25) is 5.91 Å². The third-order valence-electron chi connectivity index (χ3n) is 5.60. The molecule has 4 nitrogen and oxygen atoms in total. The van der Waals surface area contributed by atoms with Crippen LogP contribution < -0.4 is 5.32 Å². The zero-order valence-corrected chi connectivity index (χ0v) is 12.8. The van der Waals surface area contributed by atoms with Crippen LogP contribution in [0, 0.1) is 23.2 Å². The number of nitrogens with one attached hydrogen (secondary N) is 1. The fraction of sp³-hybridized carbons (Fsp3) is 0.688.